The Balaban J connectivity index is 1.42. The summed E-state index contributed by atoms with van der Waals surface area (Å²) in [5, 5.41) is 11.7. The molecule has 4 aromatic carbocycles. The number of aliphatic imine (C=N–C) groups is 1. The van der Waals surface area contributed by atoms with Crippen LogP contribution in [-0.4, -0.2) is 35.1 Å². The van der Waals surface area contributed by atoms with Gasteiger partial charge in [0.05, 0.1) is 40.8 Å². The van der Waals surface area contributed by atoms with Crippen molar-refractivity contribution in [1.29, 1.82) is 0 Å². The first-order valence-electron chi connectivity index (χ1n) is 13.1. The van der Waals surface area contributed by atoms with Crippen LogP contribution in [0.2, 0.25) is 0 Å². The number of nitro benzene ring substituents is 1. The van der Waals surface area contributed by atoms with Crippen molar-refractivity contribution < 1.29 is 23.9 Å². The Morgan fingerprint density at radius 2 is 1.72 bits per heavy atom. The van der Waals surface area contributed by atoms with Crippen LogP contribution in [0.15, 0.2) is 105 Å². The Morgan fingerprint density at radius 3 is 2.42 bits per heavy atom. The van der Waals surface area contributed by atoms with E-state index in [0.29, 0.717) is 43.7 Å². The third kappa shape index (κ3) is 7.25. The number of halogens is 1. The smallest absolute Gasteiger partial charge is 0.269 e. The van der Waals surface area contributed by atoms with Crippen LogP contribution in [0.3, 0.4) is 0 Å². The lowest BCUT2D eigenvalue weighted by Gasteiger charge is -2.16. The van der Waals surface area contributed by atoms with Crippen LogP contribution < -0.4 is 14.2 Å². The molecule has 0 saturated carbocycles. The quantitative estimate of drug-likeness (QED) is 0.0973. The molecule has 0 atom stereocenters. The number of benzene rings is 4. The number of methoxy groups -OCH3 is 2. The van der Waals surface area contributed by atoms with Gasteiger partial charge in [-0.15, -0.1) is 0 Å². The lowest BCUT2D eigenvalue weighted by Crippen LogP contribution is -2.28. The van der Waals surface area contributed by atoms with E-state index in [1.54, 1.807) is 36.3 Å². The molecule has 4 aromatic rings. The number of nitro groups is 1. The van der Waals surface area contributed by atoms with E-state index in [-0.39, 0.29) is 18.2 Å². The minimum atomic E-state index is -0.446. The van der Waals surface area contributed by atoms with Gasteiger partial charge in [0.25, 0.3) is 11.6 Å². The highest BCUT2D eigenvalue weighted by molar-refractivity contribution is 9.10. The van der Waals surface area contributed by atoms with Gasteiger partial charge in [-0.25, -0.2) is 4.99 Å². The van der Waals surface area contributed by atoms with Gasteiger partial charge in [0, 0.05) is 12.1 Å². The molecule has 218 valence electrons. The summed E-state index contributed by atoms with van der Waals surface area (Å²) in [5.41, 5.74) is 3.03. The van der Waals surface area contributed by atoms with Gasteiger partial charge in [-0.1, -0.05) is 42.5 Å². The van der Waals surface area contributed by atoms with E-state index in [4.69, 9.17) is 19.2 Å². The molecule has 0 spiro atoms. The second-order valence-electron chi connectivity index (χ2n) is 9.33. The number of hydrogen-bond acceptors (Lipinski definition) is 8. The molecule has 0 radical (unpaired) electrons. The molecule has 0 aromatic heterocycles. The molecule has 1 fully saturated rings. The van der Waals surface area contributed by atoms with Crippen LogP contribution in [0.1, 0.15) is 16.7 Å². The van der Waals surface area contributed by atoms with Gasteiger partial charge in [0.2, 0.25) is 0 Å². The van der Waals surface area contributed by atoms with Crippen LogP contribution in [0.5, 0.6) is 17.2 Å². The molecule has 1 aliphatic heterocycles. The third-order valence-electron chi connectivity index (χ3n) is 6.42. The zero-order chi connectivity index (χ0) is 30.3. The fraction of sp³-hybridized carbons (Fsp3) is 0.125. The van der Waals surface area contributed by atoms with Crippen LogP contribution >= 0.6 is 27.7 Å². The first kappa shape index (κ1) is 29.9. The Hall–Kier alpha value is -4.61. The summed E-state index contributed by atoms with van der Waals surface area (Å²) in [6.07, 6.45) is 1.79. The number of hydrogen-bond donors (Lipinski definition) is 0. The Kier molecular flexibility index (Phi) is 9.43. The average molecular weight is 661 g/mol. The van der Waals surface area contributed by atoms with Crippen molar-refractivity contribution in [2.75, 3.05) is 14.2 Å². The van der Waals surface area contributed by atoms with Gasteiger partial charge >= 0.3 is 0 Å². The molecule has 0 bridgehead atoms. The number of nitrogens with zero attached hydrogens (tertiary/aromatic N) is 3. The van der Waals surface area contributed by atoms with E-state index in [1.165, 1.54) is 31.0 Å². The van der Waals surface area contributed by atoms with Gasteiger partial charge in [-0.05, 0) is 86.9 Å². The zero-order valence-corrected chi connectivity index (χ0v) is 25.6. The van der Waals surface area contributed by atoms with Gasteiger partial charge in [0.1, 0.15) is 12.4 Å². The van der Waals surface area contributed by atoms with Crippen molar-refractivity contribution in [2.45, 2.75) is 13.2 Å². The highest BCUT2D eigenvalue weighted by Crippen LogP contribution is 2.40. The Labute approximate surface area is 261 Å². The second kappa shape index (κ2) is 13.6. The van der Waals surface area contributed by atoms with Crippen molar-refractivity contribution in [1.82, 2.24) is 4.90 Å². The topological polar surface area (TPSA) is 104 Å². The van der Waals surface area contributed by atoms with Crippen LogP contribution in [0.25, 0.3) is 6.08 Å². The summed E-state index contributed by atoms with van der Waals surface area (Å²) < 4.78 is 17.5. The monoisotopic (exact) mass is 659 g/mol. The minimum absolute atomic E-state index is 0.0101. The molecule has 1 aliphatic rings. The number of thioether (sulfide) groups is 1. The number of rotatable bonds is 10. The van der Waals surface area contributed by atoms with E-state index in [0.717, 1.165) is 17.0 Å². The Bertz CT molecular complexity index is 1710. The number of para-hydroxylation sites is 1. The molecular formula is C32H26BrN3O6S. The molecule has 5 rings (SSSR count). The largest absolute Gasteiger partial charge is 0.497 e. The second-order valence-corrected chi connectivity index (χ2v) is 11.2. The summed E-state index contributed by atoms with van der Waals surface area (Å²) in [4.78, 5) is 31.3. The zero-order valence-electron chi connectivity index (χ0n) is 23.2. The van der Waals surface area contributed by atoms with E-state index in [2.05, 4.69) is 15.9 Å². The average Bonchev–Trinajstić information content (AvgIpc) is 3.29. The van der Waals surface area contributed by atoms with E-state index >= 15 is 0 Å². The maximum absolute atomic E-state index is 13.7. The highest BCUT2D eigenvalue weighted by atomic mass is 79.9. The fourth-order valence-electron chi connectivity index (χ4n) is 4.29. The minimum Gasteiger partial charge on any atom is -0.497 e. The number of non-ortho nitro benzene ring substituents is 1. The molecule has 0 unspecified atom stereocenters. The van der Waals surface area contributed by atoms with Crippen LogP contribution in [0.4, 0.5) is 11.4 Å². The van der Waals surface area contributed by atoms with Crippen LogP contribution in [0, 0.1) is 10.1 Å². The molecular weight excluding hydrogens is 634 g/mol. The van der Waals surface area contributed by atoms with Crippen molar-refractivity contribution in [3.63, 3.8) is 0 Å². The lowest BCUT2D eigenvalue weighted by molar-refractivity contribution is -0.384. The highest BCUT2D eigenvalue weighted by Gasteiger charge is 2.33. The standard InChI is InChI=1S/C32H26BrN3O6S/c1-40-26-13-11-21(12-14-26)19-35-31(37)29(43-32(35)34-24-8-4-3-5-9-24)18-23-16-27(33)30(28(17-23)41-2)42-20-22-7-6-10-25(15-22)36(38)39/h3-18H,19-20H2,1-2H3/b29-18-,34-32?. The van der Waals surface area contributed by atoms with Gasteiger partial charge in [0.15, 0.2) is 16.7 Å². The summed E-state index contributed by atoms with van der Waals surface area (Å²) in [7, 11) is 3.14. The lowest BCUT2D eigenvalue weighted by atomic mass is 10.1. The number of ether oxygens (including phenoxy) is 3. The molecule has 43 heavy (non-hydrogen) atoms. The molecule has 0 N–H and O–H groups in total. The van der Waals surface area contributed by atoms with Gasteiger partial charge < -0.3 is 14.2 Å². The summed E-state index contributed by atoms with van der Waals surface area (Å²) in [5.74, 6) is 1.45. The van der Waals surface area contributed by atoms with Crippen molar-refractivity contribution in [2.24, 2.45) is 4.99 Å². The van der Waals surface area contributed by atoms with E-state index in [9.17, 15) is 14.9 Å². The molecule has 11 heteroatoms. The van der Waals surface area contributed by atoms with Crippen molar-refractivity contribution in [3.05, 3.63) is 127 Å². The predicted molar refractivity (Wildman–Crippen MR) is 171 cm³/mol. The summed E-state index contributed by atoms with van der Waals surface area (Å²) in [6, 6.07) is 26.9. The van der Waals surface area contributed by atoms with Crippen LogP contribution in [-0.2, 0) is 17.9 Å². The fourth-order valence-corrected chi connectivity index (χ4v) is 5.86. The summed E-state index contributed by atoms with van der Waals surface area (Å²) in [6.45, 7) is 0.446. The first-order chi connectivity index (χ1) is 20.8. The number of carbonyl (C=O) groups is 1. The maximum Gasteiger partial charge on any atom is 0.269 e. The van der Waals surface area contributed by atoms with Gasteiger partial charge in [-0.3, -0.25) is 19.8 Å². The number of amides is 1. The molecule has 1 amide bonds. The first-order valence-corrected chi connectivity index (χ1v) is 14.7. The van der Waals surface area contributed by atoms with E-state index < -0.39 is 4.92 Å². The number of amidine groups is 1. The van der Waals surface area contributed by atoms with Crippen molar-refractivity contribution in [3.8, 4) is 17.2 Å². The number of carbonyl (C=O) groups excluding carboxylic acids is 1. The SMILES string of the molecule is COc1ccc(CN2C(=O)/C(=C/c3cc(Br)c(OCc4cccc([N+](=O)[O-])c4)c(OC)c3)SC2=Nc2ccccc2)cc1. The molecule has 9 nitrogen and oxygen atoms in total. The van der Waals surface area contributed by atoms with Crippen molar-refractivity contribution >= 4 is 56.2 Å². The normalized spacial score (nSPS) is 14.8. The molecule has 0 aliphatic carbocycles. The Morgan fingerprint density at radius 1 is 0.953 bits per heavy atom. The predicted octanol–water partition coefficient (Wildman–Crippen LogP) is 7.76. The molecule has 1 heterocycles. The summed E-state index contributed by atoms with van der Waals surface area (Å²) >= 11 is 4.86. The third-order valence-corrected chi connectivity index (χ3v) is 8.02. The van der Waals surface area contributed by atoms with E-state index in [1.807, 2.05) is 60.7 Å². The van der Waals surface area contributed by atoms with Gasteiger partial charge in [-0.2, -0.15) is 0 Å². The maximum atomic E-state index is 13.7. The molecule has 1 saturated heterocycles.